The molecule has 2 aliphatic heterocycles. The van der Waals surface area contributed by atoms with E-state index in [1.54, 1.807) is 0 Å². The molecule has 0 radical (unpaired) electrons. The Morgan fingerprint density at radius 3 is 2.14 bits per heavy atom. The van der Waals surface area contributed by atoms with E-state index < -0.39 is 0 Å². The van der Waals surface area contributed by atoms with Crippen molar-refractivity contribution in [3.8, 4) is 33.6 Å². The quantitative estimate of drug-likeness (QED) is 0.243. The van der Waals surface area contributed by atoms with E-state index in [2.05, 4.69) is 106 Å². The summed E-state index contributed by atoms with van der Waals surface area (Å²) in [4.78, 5) is 0. The number of allylic oxidation sites excluding steroid dienone is 2. The van der Waals surface area contributed by atoms with Crippen LogP contribution in [0, 0.1) is 5.82 Å². The minimum absolute atomic E-state index is 0.214. The Hall–Kier alpha value is -4.37. The van der Waals surface area contributed by atoms with E-state index in [-0.39, 0.29) is 23.7 Å². The van der Waals surface area contributed by atoms with Gasteiger partial charge in [0.1, 0.15) is 11.7 Å². The molecular formula is C33H23FN2+2. The van der Waals surface area contributed by atoms with Crippen molar-refractivity contribution in [2.24, 2.45) is 0 Å². The van der Waals surface area contributed by atoms with Crippen molar-refractivity contribution in [2.45, 2.75) is 17.9 Å². The SMILES string of the molecule is Fc1ccc(-c2ccc3[n+](c2)C2=CC(c4ccccc4-3)C3C2c2ccccc2-c2cccc[n+]23)cc1. The molecule has 2 nitrogen and oxygen atoms in total. The number of benzene rings is 3. The molecule has 3 aromatic carbocycles. The van der Waals surface area contributed by atoms with Crippen LogP contribution in [0.2, 0.25) is 0 Å². The van der Waals surface area contributed by atoms with Crippen LogP contribution in [0.25, 0.3) is 39.3 Å². The van der Waals surface area contributed by atoms with Gasteiger partial charge in [-0.1, -0.05) is 48.5 Å². The number of fused-ring (bicyclic) bond motifs is 8. The van der Waals surface area contributed by atoms with Crippen LogP contribution in [-0.2, 0) is 0 Å². The fourth-order valence-corrected chi connectivity index (χ4v) is 6.66. The molecule has 3 aliphatic rings. The summed E-state index contributed by atoms with van der Waals surface area (Å²) in [6.45, 7) is 0. The molecule has 0 fully saturated rings. The van der Waals surface area contributed by atoms with Gasteiger partial charge in [0, 0.05) is 23.8 Å². The third-order valence-corrected chi connectivity index (χ3v) is 8.16. The van der Waals surface area contributed by atoms with E-state index in [0.29, 0.717) is 0 Å². The first-order valence-electron chi connectivity index (χ1n) is 12.5. The van der Waals surface area contributed by atoms with E-state index in [9.17, 15) is 4.39 Å². The third-order valence-electron chi connectivity index (χ3n) is 8.16. The molecule has 5 aromatic rings. The van der Waals surface area contributed by atoms with Crippen LogP contribution in [0.1, 0.15) is 29.0 Å². The molecule has 3 heteroatoms. The van der Waals surface area contributed by atoms with Gasteiger partial charge in [0.2, 0.25) is 11.4 Å². The molecular weight excluding hydrogens is 443 g/mol. The van der Waals surface area contributed by atoms with Gasteiger partial charge in [0.05, 0.1) is 17.0 Å². The van der Waals surface area contributed by atoms with Gasteiger partial charge in [-0.3, -0.25) is 0 Å². The van der Waals surface area contributed by atoms with Crippen molar-refractivity contribution in [3.63, 3.8) is 0 Å². The highest BCUT2D eigenvalue weighted by Gasteiger charge is 2.56. The first kappa shape index (κ1) is 19.9. The normalized spacial score (nSPS) is 20.2. The number of aromatic nitrogens is 2. The molecule has 1 aliphatic carbocycles. The number of hydrogen-bond donors (Lipinski definition) is 0. The van der Waals surface area contributed by atoms with E-state index in [1.165, 1.54) is 51.5 Å². The zero-order valence-electron chi connectivity index (χ0n) is 19.6. The predicted molar refractivity (Wildman–Crippen MR) is 138 cm³/mol. The highest BCUT2D eigenvalue weighted by Crippen LogP contribution is 2.55. The fourth-order valence-electron chi connectivity index (χ4n) is 6.66. The van der Waals surface area contributed by atoms with Crippen LogP contribution < -0.4 is 9.13 Å². The standard InChI is InChI=1S/C33H23FN2/c34-23-15-12-21(13-16-23)22-14-17-30-25-8-2-1-7-24(25)28-19-31(36(30)20-22)32-27-10-4-3-9-26(27)29-11-5-6-18-35(29)33(28)32/h1-20,28,32-33H/q+2. The van der Waals surface area contributed by atoms with E-state index in [0.717, 1.165) is 11.1 Å². The minimum atomic E-state index is -0.214. The molecule has 8 rings (SSSR count). The maximum absolute atomic E-state index is 13.6. The lowest BCUT2D eigenvalue weighted by Crippen LogP contribution is -2.50. The summed E-state index contributed by atoms with van der Waals surface area (Å²) >= 11 is 0. The van der Waals surface area contributed by atoms with Crippen molar-refractivity contribution < 1.29 is 13.5 Å². The Balaban J connectivity index is 1.42. The summed E-state index contributed by atoms with van der Waals surface area (Å²) < 4.78 is 18.5. The van der Waals surface area contributed by atoms with Gasteiger partial charge in [0.15, 0.2) is 24.1 Å². The number of halogens is 1. The second kappa shape index (κ2) is 7.32. The van der Waals surface area contributed by atoms with Crippen molar-refractivity contribution >= 4 is 5.70 Å². The van der Waals surface area contributed by atoms with Gasteiger partial charge in [-0.15, -0.1) is 0 Å². The molecule has 0 saturated carbocycles. The zero-order valence-corrected chi connectivity index (χ0v) is 19.6. The Bertz CT molecular complexity index is 1720. The molecule has 4 heterocycles. The molecule has 0 spiro atoms. The number of hydrogen-bond acceptors (Lipinski definition) is 0. The highest BCUT2D eigenvalue weighted by molar-refractivity contribution is 5.75. The average molecular weight is 467 g/mol. The largest absolute Gasteiger partial charge is 0.218 e. The molecule has 170 valence electrons. The van der Waals surface area contributed by atoms with Crippen LogP contribution >= 0.6 is 0 Å². The topological polar surface area (TPSA) is 7.76 Å². The van der Waals surface area contributed by atoms with Crippen molar-refractivity contribution in [1.29, 1.82) is 0 Å². The molecule has 0 amide bonds. The summed E-state index contributed by atoms with van der Waals surface area (Å²) in [6, 6.07) is 35.7. The Morgan fingerprint density at radius 2 is 1.31 bits per heavy atom. The van der Waals surface area contributed by atoms with Crippen LogP contribution in [0.15, 0.2) is 122 Å². The maximum atomic E-state index is 13.6. The monoisotopic (exact) mass is 466 g/mol. The van der Waals surface area contributed by atoms with Crippen LogP contribution in [0.3, 0.4) is 0 Å². The van der Waals surface area contributed by atoms with Gasteiger partial charge in [-0.2, -0.15) is 9.13 Å². The maximum Gasteiger partial charge on any atom is 0.218 e. The lowest BCUT2D eigenvalue weighted by Gasteiger charge is -2.30. The molecule has 0 N–H and O–H groups in total. The molecule has 0 saturated heterocycles. The Kier molecular flexibility index (Phi) is 4.04. The Morgan fingerprint density at radius 1 is 0.611 bits per heavy atom. The van der Waals surface area contributed by atoms with Crippen molar-refractivity contribution in [1.82, 2.24) is 0 Å². The summed E-state index contributed by atoms with van der Waals surface area (Å²) in [6.07, 6.45) is 6.98. The summed E-state index contributed by atoms with van der Waals surface area (Å²) in [5, 5.41) is 0. The minimum Gasteiger partial charge on any atom is -0.207 e. The summed E-state index contributed by atoms with van der Waals surface area (Å²) in [7, 11) is 0. The van der Waals surface area contributed by atoms with Crippen LogP contribution in [0.5, 0.6) is 0 Å². The first-order chi connectivity index (χ1) is 17.8. The molecule has 3 atom stereocenters. The number of rotatable bonds is 1. The zero-order chi connectivity index (χ0) is 23.8. The smallest absolute Gasteiger partial charge is 0.207 e. The Labute approximate surface area is 209 Å². The van der Waals surface area contributed by atoms with Gasteiger partial charge in [-0.25, -0.2) is 4.39 Å². The first-order valence-corrected chi connectivity index (χ1v) is 12.5. The van der Waals surface area contributed by atoms with Gasteiger partial charge >= 0.3 is 0 Å². The summed E-state index contributed by atoms with van der Waals surface area (Å²) in [5.74, 6) is 0.273. The van der Waals surface area contributed by atoms with E-state index in [4.69, 9.17) is 0 Å². The van der Waals surface area contributed by atoms with Crippen LogP contribution in [-0.4, -0.2) is 0 Å². The van der Waals surface area contributed by atoms with E-state index >= 15 is 0 Å². The third kappa shape index (κ3) is 2.66. The van der Waals surface area contributed by atoms with Gasteiger partial charge in [-0.05, 0) is 59.2 Å². The van der Waals surface area contributed by atoms with Gasteiger partial charge < -0.3 is 0 Å². The molecule has 2 bridgehead atoms. The molecule has 36 heavy (non-hydrogen) atoms. The van der Waals surface area contributed by atoms with E-state index in [1.807, 2.05) is 12.1 Å². The summed E-state index contributed by atoms with van der Waals surface area (Å²) in [5.41, 5.74) is 11.2. The van der Waals surface area contributed by atoms with Crippen molar-refractivity contribution in [2.75, 3.05) is 0 Å². The predicted octanol–water partition coefficient (Wildman–Crippen LogP) is 6.69. The molecule has 3 unspecified atom stereocenters. The van der Waals surface area contributed by atoms with Crippen LogP contribution in [0.4, 0.5) is 4.39 Å². The second-order valence-corrected chi connectivity index (χ2v) is 9.93. The van der Waals surface area contributed by atoms with Gasteiger partial charge in [0.25, 0.3) is 0 Å². The number of nitrogens with zero attached hydrogens (tertiary/aromatic N) is 2. The lowest BCUT2D eigenvalue weighted by molar-refractivity contribution is -0.719. The lowest BCUT2D eigenvalue weighted by atomic mass is 9.77. The molecule has 2 aromatic heterocycles. The number of pyridine rings is 2. The highest BCUT2D eigenvalue weighted by atomic mass is 19.1. The fraction of sp³-hybridized carbons (Fsp3) is 0.0909. The second-order valence-electron chi connectivity index (χ2n) is 9.93. The average Bonchev–Trinajstić information content (AvgIpc) is 3.28. The van der Waals surface area contributed by atoms with Crippen molar-refractivity contribution in [3.05, 3.63) is 139 Å².